The largest absolute Gasteiger partial charge is 0.492 e. The first kappa shape index (κ1) is 21.6. The van der Waals surface area contributed by atoms with Gasteiger partial charge >= 0.3 is 0 Å². The molecule has 0 aliphatic rings. The van der Waals surface area contributed by atoms with E-state index in [9.17, 15) is 4.79 Å². The molecule has 2 aromatic carbocycles. The maximum atomic E-state index is 12.9. The van der Waals surface area contributed by atoms with Crippen LogP contribution >= 0.6 is 0 Å². The third kappa shape index (κ3) is 5.72. The van der Waals surface area contributed by atoms with Gasteiger partial charge in [0.05, 0.1) is 12.2 Å². The van der Waals surface area contributed by atoms with E-state index in [2.05, 4.69) is 4.89 Å². The molecule has 6 nitrogen and oxygen atoms in total. The van der Waals surface area contributed by atoms with Gasteiger partial charge in [-0.2, -0.15) is 0 Å². The molecule has 158 valence electrons. The Bertz CT molecular complexity index is 978. The molecule has 0 spiro atoms. The van der Waals surface area contributed by atoms with Gasteiger partial charge in [-0.15, -0.1) is 0 Å². The normalized spacial score (nSPS) is 11.9. The molecule has 0 radical (unpaired) electrons. The summed E-state index contributed by atoms with van der Waals surface area (Å²) in [5, 5.41) is 8.51. The lowest BCUT2D eigenvalue weighted by Gasteiger charge is -2.14. The summed E-state index contributed by atoms with van der Waals surface area (Å²) in [5.41, 5.74) is 3.47. The maximum Gasteiger partial charge on any atom is 0.209 e. The van der Waals surface area contributed by atoms with Crippen LogP contribution in [0.2, 0.25) is 0 Å². The molecule has 0 amide bonds. The summed E-state index contributed by atoms with van der Waals surface area (Å²) in [6, 6.07) is 16.8. The highest BCUT2D eigenvalue weighted by Gasteiger charge is 2.15. The van der Waals surface area contributed by atoms with Crippen molar-refractivity contribution in [2.24, 2.45) is 0 Å². The fourth-order valence-corrected chi connectivity index (χ4v) is 3.16. The molecule has 0 saturated heterocycles. The minimum absolute atomic E-state index is 0.00131. The molecule has 3 aromatic rings. The minimum Gasteiger partial charge on any atom is -0.492 e. The first-order chi connectivity index (χ1) is 14.5. The van der Waals surface area contributed by atoms with Crippen molar-refractivity contribution >= 4 is 5.78 Å². The fraction of sp³-hybridized carbons (Fsp3) is 0.292. The minimum atomic E-state index is -0.288. The van der Waals surface area contributed by atoms with Gasteiger partial charge in [0.2, 0.25) is 5.78 Å². The van der Waals surface area contributed by atoms with Crippen molar-refractivity contribution in [1.29, 1.82) is 0 Å². The van der Waals surface area contributed by atoms with Crippen molar-refractivity contribution in [3.8, 4) is 11.5 Å². The highest BCUT2D eigenvalue weighted by molar-refractivity contribution is 6.08. The van der Waals surface area contributed by atoms with Crippen LogP contribution in [0.1, 0.15) is 34.1 Å². The quantitative estimate of drug-likeness (QED) is 0.299. The molecule has 1 aromatic heterocycles. The van der Waals surface area contributed by atoms with Gasteiger partial charge < -0.3 is 14.0 Å². The van der Waals surface area contributed by atoms with Crippen molar-refractivity contribution in [3.05, 3.63) is 83.2 Å². The van der Waals surface area contributed by atoms with Crippen LogP contribution in [0.4, 0.5) is 0 Å². The Balaban J connectivity index is 1.63. The van der Waals surface area contributed by atoms with Crippen LogP contribution in [-0.2, 0) is 11.4 Å². The van der Waals surface area contributed by atoms with E-state index < -0.39 is 0 Å². The fourth-order valence-electron chi connectivity index (χ4n) is 3.16. The number of ketones is 1. The molecule has 0 saturated carbocycles. The Kier molecular flexibility index (Phi) is 7.27. The highest BCUT2D eigenvalue weighted by atomic mass is 17.1. The third-order valence-corrected chi connectivity index (χ3v) is 4.63. The van der Waals surface area contributed by atoms with Gasteiger partial charge in [-0.1, -0.05) is 35.9 Å². The number of rotatable bonds is 10. The smallest absolute Gasteiger partial charge is 0.209 e. The number of carbonyl (C=O) groups excluding carboxylic acids is 1. The van der Waals surface area contributed by atoms with Crippen LogP contribution < -0.4 is 9.47 Å². The van der Waals surface area contributed by atoms with Gasteiger partial charge in [0, 0.05) is 17.8 Å². The van der Waals surface area contributed by atoms with E-state index in [4.69, 9.17) is 14.7 Å². The first-order valence-corrected chi connectivity index (χ1v) is 9.90. The van der Waals surface area contributed by atoms with Crippen molar-refractivity contribution < 1.29 is 24.4 Å². The van der Waals surface area contributed by atoms with E-state index in [1.807, 2.05) is 73.1 Å². The van der Waals surface area contributed by atoms with Crippen molar-refractivity contribution in [2.45, 2.75) is 33.4 Å². The van der Waals surface area contributed by atoms with E-state index >= 15 is 0 Å². The number of aromatic nitrogens is 1. The van der Waals surface area contributed by atoms with E-state index in [-0.39, 0.29) is 18.5 Å². The van der Waals surface area contributed by atoms with E-state index in [1.165, 1.54) is 0 Å². The number of carbonyl (C=O) groups is 1. The first-order valence-electron chi connectivity index (χ1n) is 9.90. The Morgan fingerprint density at radius 1 is 1.03 bits per heavy atom. The van der Waals surface area contributed by atoms with Gasteiger partial charge in [-0.05, 0) is 44.5 Å². The van der Waals surface area contributed by atoms with E-state index in [0.29, 0.717) is 35.9 Å². The van der Waals surface area contributed by atoms with Crippen LogP contribution in [0.15, 0.2) is 60.8 Å². The predicted octanol–water partition coefficient (Wildman–Crippen LogP) is 4.67. The third-order valence-electron chi connectivity index (χ3n) is 4.63. The van der Waals surface area contributed by atoms with Gasteiger partial charge in [0.15, 0.2) is 0 Å². The molecule has 6 heteroatoms. The monoisotopic (exact) mass is 409 g/mol. The zero-order chi connectivity index (χ0) is 21.5. The average molecular weight is 409 g/mol. The Labute approximate surface area is 176 Å². The van der Waals surface area contributed by atoms with Crippen LogP contribution in [0, 0.1) is 13.8 Å². The molecular weight excluding hydrogens is 382 g/mol. The zero-order valence-corrected chi connectivity index (χ0v) is 17.5. The van der Waals surface area contributed by atoms with Crippen LogP contribution in [-0.4, -0.2) is 34.9 Å². The topological polar surface area (TPSA) is 69.9 Å². The predicted molar refractivity (Wildman–Crippen MR) is 114 cm³/mol. The summed E-state index contributed by atoms with van der Waals surface area (Å²) in [5.74, 6) is 1.29. The maximum absolute atomic E-state index is 12.9. The molecule has 1 N–H and O–H groups in total. The second kappa shape index (κ2) is 10.1. The zero-order valence-electron chi connectivity index (χ0n) is 17.5. The number of hydrogen-bond donors (Lipinski definition) is 1. The second-order valence-electron chi connectivity index (χ2n) is 7.34. The number of hydrogen-bond acceptors (Lipinski definition) is 5. The summed E-state index contributed by atoms with van der Waals surface area (Å²) in [4.78, 5) is 17.0. The van der Waals surface area contributed by atoms with Crippen molar-refractivity contribution in [3.63, 3.8) is 0 Å². The molecular formula is C24H27NO5. The summed E-state index contributed by atoms with van der Waals surface area (Å²) in [7, 11) is 0. The lowest BCUT2D eigenvalue weighted by atomic mass is 10.1. The van der Waals surface area contributed by atoms with Gasteiger partial charge in [0.1, 0.15) is 30.8 Å². The number of nitrogens with zero attached hydrogens (tertiary/aromatic N) is 1. The summed E-state index contributed by atoms with van der Waals surface area (Å²) in [6.45, 7) is 6.79. The molecule has 30 heavy (non-hydrogen) atoms. The van der Waals surface area contributed by atoms with E-state index in [1.54, 1.807) is 13.0 Å². The summed E-state index contributed by atoms with van der Waals surface area (Å²) >= 11 is 0. The molecule has 0 fully saturated rings. The number of ether oxygens (including phenoxy) is 2. The van der Waals surface area contributed by atoms with Crippen LogP contribution in [0.25, 0.3) is 0 Å². The second-order valence-corrected chi connectivity index (χ2v) is 7.34. The lowest BCUT2D eigenvalue weighted by Crippen LogP contribution is -2.18. The molecule has 0 bridgehead atoms. The molecule has 0 aliphatic heterocycles. The van der Waals surface area contributed by atoms with Crippen molar-refractivity contribution in [1.82, 2.24) is 4.57 Å². The molecule has 0 unspecified atom stereocenters. The molecule has 1 heterocycles. The molecule has 0 aliphatic carbocycles. The van der Waals surface area contributed by atoms with Gasteiger partial charge in [-0.3, -0.25) is 10.1 Å². The number of aryl methyl sites for hydroxylation is 2. The number of benzene rings is 2. The van der Waals surface area contributed by atoms with Crippen molar-refractivity contribution in [2.75, 3.05) is 13.2 Å². The van der Waals surface area contributed by atoms with E-state index in [0.717, 1.165) is 11.1 Å². The van der Waals surface area contributed by atoms with Crippen LogP contribution in [0.3, 0.4) is 0 Å². The molecule has 3 rings (SSSR count). The Hall–Kier alpha value is -3.09. The average Bonchev–Trinajstić information content (AvgIpc) is 3.09. The molecule has 1 atom stereocenters. The lowest BCUT2D eigenvalue weighted by molar-refractivity contribution is -0.253. The van der Waals surface area contributed by atoms with Crippen LogP contribution in [0.5, 0.6) is 11.5 Å². The Morgan fingerprint density at radius 3 is 2.50 bits per heavy atom. The van der Waals surface area contributed by atoms with Gasteiger partial charge in [-0.25, -0.2) is 4.89 Å². The highest BCUT2D eigenvalue weighted by Crippen LogP contribution is 2.21. The van der Waals surface area contributed by atoms with Gasteiger partial charge in [0.25, 0.3) is 0 Å². The standard InChI is InChI=1S/C24H27NO5/c1-17-7-9-20(10-8-17)24(26)23-13-18(2)15-25(23)11-12-28-21-5-4-6-22(14-21)30-19(3)16-29-27/h4-10,13-15,19,27H,11-12,16H2,1-3H3/t19-/m0/s1. The summed E-state index contributed by atoms with van der Waals surface area (Å²) in [6.07, 6.45) is 1.67. The Morgan fingerprint density at radius 2 is 1.77 bits per heavy atom. The SMILES string of the molecule is Cc1ccc(C(=O)c2cc(C)cn2CCOc2cccc(O[C@@H](C)COO)c2)cc1. The summed E-state index contributed by atoms with van der Waals surface area (Å²) < 4.78 is 13.5.